The molecule has 130 valence electrons. The summed E-state index contributed by atoms with van der Waals surface area (Å²) in [6.45, 7) is 0.161. The predicted octanol–water partition coefficient (Wildman–Crippen LogP) is 2.58. The number of hydrogen-bond acceptors (Lipinski definition) is 3. The zero-order valence-electron chi connectivity index (χ0n) is 13.2. The summed E-state index contributed by atoms with van der Waals surface area (Å²) < 4.78 is 33.1. The largest absolute Gasteiger partial charge is 0.469 e. The minimum atomic E-state index is -0.791. The summed E-state index contributed by atoms with van der Waals surface area (Å²) in [5, 5.41) is 2.70. The summed E-state index contributed by atoms with van der Waals surface area (Å²) in [6, 6.07) is 6.29. The standard InChI is InChI=1S/C18H16F2N2O3/c19-12-3-1-4-13(20)16(12)22-7-6-14(18(22)24)21-17(23)11-9-10(11)15-5-2-8-25-15/h1-5,8,10-11,14H,6-7,9H2,(H,21,23)/t10-,11-,14+/m0/s1. The molecule has 0 bridgehead atoms. The molecule has 25 heavy (non-hydrogen) atoms. The summed E-state index contributed by atoms with van der Waals surface area (Å²) in [4.78, 5) is 25.8. The first-order chi connectivity index (χ1) is 12.1. The number of carbonyl (C=O) groups excluding carboxylic acids is 2. The SMILES string of the molecule is O=C(N[C@@H]1CCN(c2c(F)cccc2F)C1=O)[C@H]1C[C@@H]1c1ccco1. The maximum atomic E-state index is 13.9. The van der Waals surface area contributed by atoms with E-state index in [0.717, 1.165) is 22.8 Å². The second-order valence-electron chi connectivity index (χ2n) is 6.37. The number of nitrogens with one attached hydrogen (secondary N) is 1. The lowest BCUT2D eigenvalue weighted by Gasteiger charge is -2.18. The van der Waals surface area contributed by atoms with Gasteiger partial charge in [-0.05, 0) is 37.1 Å². The molecule has 1 aromatic carbocycles. The van der Waals surface area contributed by atoms with Crippen molar-refractivity contribution < 1.29 is 22.8 Å². The molecule has 2 aliphatic rings. The topological polar surface area (TPSA) is 62.6 Å². The fraction of sp³-hybridized carbons (Fsp3) is 0.333. The first-order valence-corrected chi connectivity index (χ1v) is 8.15. The Hall–Kier alpha value is -2.70. The lowest BCUT2D eigenvalue weighted by molar-refractivity contribution is -0.127. The smallest absolute Gasteiger partial charge is 0.249 e. The number of benzene rings is 1. The van der Waals surface area contributed by atoms with Gasteiger partial charge in [0, 0.05) is 18.4 Å². The highest BCUT2D eigenvalue weighted by Crippen LogP contribution is 2.47. The van der Waals surface area contributed by atoms with Crippen LogP contribution in [0.2, 0.25) is 0 Å². The van der Waals surface area contributed by atoms with Crippen LogP contribution in [-0.2, 0) is 9.59 Å². The lowest BCUT2D eigenvalue weighted by Crippen LogP contribution is -2.42. The van der Waals surface area contributed by atoms with Gasteiger partial charge in [0.05, 0.1) is 6.26 Å². The van der Waals surface area contributed by atoms with Crippen molar-refractivity contribution in [3.63, 3.8) is 0 Å². The molecule has 7 heteroatoms. The van der Waals surface area contributed by atoms with Gasteiger partial charge in [-0.3, -0.25) is 9.59 Å². The van der Waals surface area contributed by atoms with Crippen LogP contribution in [0.4, 0.5) is 14.5 Å². The second-order valence-corrected chi connectivity index (χ2v) is 6.37. The van der Waals surface area contributed by atoms with Crippen LogP contribution in [0.15, 0.2) is 41.0 Å². The van der Waals surface area contributed by atoms with Gasteiger partial charge in [0.2, 0.25) is 11.8 Å². The highest BCUT2D eigenvalue weighted by Gasteiger charge is 2.47. The summed E-state index contributed by atoms with van der Waals surface area (Å²) in [7, 11) is 0. The van der Waals surface area contributed by atoms with E-state index in [-0.39, 0.29) is 30.0 Å². The number of carbonyl (C=O) groups is 2. The monoisotopic (exact) mass is 346 g/mol. The van der Waals surface area contributed by atoms with Crippen LogP contribution in [0, 0.1) is 17.6 Å². The van der Waals surface area contributed by atoms with Gasteiger partial charge in [-0.25, -0.2) is 8.78 Å². The number of anilines is 1. The first kappa shape index (κ1) is 15.8. The average Bonchev–Trinajstić information content (AvgIpc) is 3.05. The Morgan fingerprint density at radius 2 is 1.96 bits per heavy atom. The van der Waals surface area contributed by atoms with Crippen LogP contribution in [0.1, 0.15) is 24.5 Å². The number of nitrogens with zero attached hydrogens (tertiary/aromatic N) is 1. The van der Waals surface area contributed by atoms with E-state index >= 15 is 0 Å². The molecule has 1 aromatic heterocycles. The number of rotatable bonds is 4. The summed E-state index contributed by atoms with van der Waals surface area (Å²) >= 11 is 0. The Morgan fingerprint density at radius 1 is 1.20 bits per heavy atom. The Balaban J connectivity index is 1.42. The van der Waals surface area contributed by atoms with E-state index < -0.39 is 23.6 Å². The number of furan rings is 1. The summed E-state index contributed by atoms with van der Waals surface area (Å²) in [6.07, 6.45) is 2.55. The van der Waals surface area contributed by atoms with Crippen molar-refractivity contribution in [2.75, 3.05) is 11.4 Å². The molecule has 4 rings (SSSR count). The molecule has 5 nitrogen and oxygen atoms in total. The van der Waals surface area contributed by atoms with E-state index in [0.29, 0.717) is 12.8 Å². The van der Waals surface area contributed by atoms with Gasteiger partial charge in [-0.2, -0.15) is 0 Å². The van der Waals surface area contributed by atoms with Crippen molar-refractivity contribution >= 4 is 17.5 Å². The predicted molar refractivity (Wildman–Crippen MR) is 84.8 cm³/mol. The molecule has 2 amide bonds. The summed E-state index contributed by atoms with van der Waals surface area (Å²) in [5.74, 6) is -1.73. The molecule has 0 radical (unpaired) electrons. The highest BCUT2D eigenvalue weighted by atomic mass is 19.1. The number of para-hydroxylation sites is 1. The zero-order chi connectivity index (χ0) is 17.6. The Bertz CT molecular complexity index is 801. The Morgan fingerprint density at radius 3 is 2.64 bits per heavy atom. The van der Waals surface area contributed by atoms with Crippen LogP contribution in [0.3, 0.4) is 0 Å². The van der Waals surface area contributed by atoms with Gasteiger partial charge in [-0.1, -0.05) is 6.07 Å². The molecule has 1 aliphatic heterocycles. The number of hydrogen-bond donors (Lipinski definition) is 1. The van der Waals surface area contributed by atoms with Gasteiger partial charge >= 0.3 is 0 Å². The molecule has 0 unspecified atom stereocenters. The fourth-order valence-electron chi connectivity index (χ4n) is 3.36. The zero-order valence-corrected chi connectivity index (χ0v) is 13.2. The molecular weight excluding hydrogens is 330 g/mol. The van der Waals surface area contributed by atoms with E-state index in [2.05, 4.69) is 5.32 Å². The third kappa shape index (κ3) is 2.79. The van der Waals surface area contributed by atoms with Crippen molar-refractivity contribution in [2.45, 2.75) is 24.8 Å². The van der Waals surface area contributed by atoms with Crippen molar-refractivity contribution in [3.8, 4) is 0 Å². The quantitative estimate of drug-likeness (QED) is 0.926. The first-order valence-electron chi connectivity index (χ1n) is 8.15. The Kier molecular flexibility index (Phi) is 3.78. The molecule has 2 heterocycles. The molecular formula is C18H16F2N2O3. The highest BCUT2D eigenvalue weighted by molar-refractivity contribution is 6.02. The van der Waals surface area contributed by atoms with E-state index in [1.54, 1.807) is 12.3 Å². The van der Waals surface area contributed by atoms with Crippen LogP contribution < -0.4 is 10.2 Å². The van der Waals surface area contributed by atoms with Crippen LogP contribution in [0.5, 0.6) is 0 Å². The van der Waals surface area contributed by atoms with Gasteiger partial charge in [0.1, 0.15) is 29.1 Å². The van der Waals surface area contributed by atoms with Crippen LogP contribution in [-0.4, -0.2) is 24.4 Å². The van der Waals surface area contributed by atoms with E-state index in [1.165, 1.54) is 6.07 Å². The average molecular weight is 346 g/mol. The molecule has 3 atom stereocenters. The minimum absolute atomic E-state index is 0.0339. The second kappa shape index (κ2) is 5.98. The molecule has 1 aliphatic carbocycles. The van der Waals surface area contributed by atoms with E-state index in [4.69, 9.17) is 4.42 Å². The minimum Gasteiger partial charge on any atom is -0.469 e. The molecule has 2 aromatic rings. The van der Waals surface area contributed by atoms with Crippen molar-refractivity contribution in [1.29, 1.82) is 0 Å². The molecule has 0 spiro atoms. The number of halogens is 2. The van der Waals surface area contributed by atoms with Crippen LogP contribution in [0.25, 0.3) is 0 Å². The van der Waals surface area contributed by atoms with Gasteiger partial charge in [0.15, 0.2) is 0 Å². The van der Waals surface area contributed by atoms with Crippen LogP contribution >= 0.6 is 0 Å². The van der Waals surface area contributed by atoms with Crippen molar-refractivity contribution in [1.82, 2.24) is 5.32 Å². The molecule has 1 N–H and O–H groups in total. The summed E-state index contributed by atoms with van der Waals surface area (Å²) in [5.41, 5.74) is -0.357. The third-order valence-corrected chi connectivity index (χ3v) is 4.77. The van der Waals surface area contributed by atoms with Crippen molar-refractivity contribution in [3.05, 3.63) is 54.0 Å². The van der Waals surface area contributed by atoms with Gasteiger partial charge < -0.3 is 14.6 Å². The Labute approximate surface area is 142 Å². The molecule has 2 fully saturated rings. The number of amides is 2. The molecule has 1 saturated carbocycles. The maximum Gasteiger partial charge on any atom is 0.249 e. The van der Waals surface area contributed by atoms with Gasteiger partial charge in [-0.15, -0.1) is 0 Å². The lowest BCUT2D eigenvalue weighted by atomic mass is 10.2. The van der Waals surface area contributed by atoms with E-state index in [9.17, 15) is 18.4 Å². The van der Waals surface area contributed by atoms with Crippen molar-refractivity contribution in [2.24, 2.45) is 5.92 Å². The normalized spacial score (nSPS) is 25.3. The molecule has 1 saturated heterocycles. The maximum absolute atomic E-state index is 13.9. The van der Waals surface area contributed by atoms with E-state index in [1.807, 2.05) is 6.07 Å². The fourth-order valence-corrected chi connectivity index (χ4v) is 3.36. The van der Waals surface area contributed by atoms with Gasteiger partial charge in [0.25, 0.3) is 0 Å². The third-order valence-electron chi connectivity index (χ3n) is 4.77.